The number of amides is 1. The van der Waals surface area contributed by atoms with E-state index in [0.29, 0.717) is 31.5 Å². The summed E-state index contributed by atoms with van der Waals surface area (Å²) in [5.41, 5.74) is -0.0729. The molecule has 0 aliphatic carbocycles. The van der Waals surface area contributed by atoms with Gasteiger partial charge < -0.3 is 14.6 Å². The first-order valence-corrected chi connectivity index (χ1v) is 8.80. The number of nitrogens with zero attached hydrogens (tertiary/aromatic N) is 2. The Hall–Kier alpha value is -1.66. The smallest absolute Gasteiger partial charge is 0.250 e. The second-order valence-electron chi connectivity index (χ2n) is 6.72. The lowest BCUT2D eigenvalue weighted by molar-refractivity contribution is -0.121. The molecule has 6 nitrogen and oxygen atoms in total. The molecule has 2 heterocycles. The lowest BCUT2D eigenvalue weighted by Gasteiger charge is -2.35. The first-order valence-electron chi connectivity index (χ1n) is 8.80. The summed E-state index contributed by atoms with van der Waals surface area (Å²) in [6.45, 7) is 8.85. The molecule has 1 aromatic rings. The van der Waals surface area contributed by atoms with Crippen molar-refractivity contribution in [3.8, 4) is 0 Å². The molecular formula is C18H29N3O3. The Morgan fingerprint density at radius 2 is 2.04 bits per heavy atom. The van der Waals surface area contributed by atoms with Gasteiger partial charge in [-0.15, -0.1) is 0 Å². The number of aromatic nitrogens is 1. The van der Waals surface area contributed by atoms with Crippen LogP contribution in [0.25, 0.3) is 0 Å². The number of carbonyl (C=O) groups excluding carboxylic acids is 1. The molecule has 1 atom stereocenters. The number of morpholine rings is 1. The highest BCUT2D eigenvalue weighted by atomic mass is 16.5. The van der Waals surface area contributed by atoms with Crippen molar-refractivity contribution in [2.75, 3.05) is 32.8 Å². The molecule has 1 saturated heterocycles. The molecule has 134 valence electrons. The predicted octanol–water partition coefficient (Wildman–Crippen LogP) is 1.10. The number of rotatable bonds is 8. The van der Waals surface area contributed by atoms with E-state index in [1.165, 1.54) is 6.07 Å². The molecule has 0 bridgehead atoms. The van der Waals surface area contributed by atoms with Gasteiger partial charge >= 0.3 is 0 Å². The lowest BCUT2D eigenvalue weighted by atomic mass is 10.0. The molecule has 6 heteroatoms. The van der Waals surface area contributed by atoms with Gasteiger partial charge in [0.05, 0.1) is 13.2 Å². The van der Waals surface area contributed by atoms with Crippen LogP contribution in [0.5, 0.6) is 0 Å². The minimum absolute atomic E-state index is 0.00670. The van der Waals surface area contributed by atoms with Crippen molar-refractivity contribution < 1.29 is 9.53 Å². The van der Waals surface area contributed by atoms with Crippen LogP contribution < -0.4 is 10.9 Å². The second kappa shape index (κ2) is 9.59. The van der Waals surface area contributed by atoms with Crippen molar-refractivity contribution in [3.05, 3.63) is 34.7 Å². The largest absolute Gasteiger partial charge is 0.379 e. The molecular weight excluding hydrogens is 306 g/mol. The lowest BCUT2D eigenvalue weighted by Crippen LogP contribution is -2.49. The van der Waals surface area contributed by atoms with Gasteiger partial charge in [-0.2, -0.15) is 0 Å². The van der Waals surface area contributed by atoms with E-state index >= 15 is 0 Å². The van der Waals surface area contributed by atoms with E-state index in [2.05, 4.69) is 24.1 Å². The number of hydrogen-bond acceptors (Lipinski definition) is 4. The predicted molar refractivity (Wildman–Crippen MR) is 94.0 cm³/mol. The minimum Gasteiger partial charge on any atom is -0.379 e. The fourth-order valence-corrected chi connectivity index (χ4v) is 3.04. The van der Waals surface area contributed by atoms with Gasteiger partial charge in [0.15, 0.2) is 0 Å². The summed E-state index contributed by atoms with van der Waals surface area (Å²) in [6.07, 6.45) is 3.09. The minimum atomic E-state index is -0.0729. The Morgan fingerprint density at radius 1 is 1.29 bits per heavy atom. The normalized spacial score (nSPS) is 17.0. The van der Waals surface area contributed by atoms with Gasteiger partial charge in [-0.05, 0) is 18.4 Å². The van der Waals surface area contributed by atoms with Gasteiger partial charge in [0.25, 0.3) is 5.56 Å². The SMILES string of the molecule is CC(C)CC(CNC(=O)CCn1ccccc1=O)N1CCOCC1. The summed E-state index contributed by atoms with van der Waals surface area (Å²) in [5.74, 6) is 0.574. The molecule has 0 aromatic carbocycles. The van der Waals surface area contributed by atoms with Crippen LogP contribution in [0.4, 0.5) is 0 Å². The monoisotopic (exact) mass is 335 g/mol. The fourth-order valence-electron chi connectivity index (χ4n) is 3.04. The Kier molecular flexibility index (Phi) is 7.46. The van der Waals surface area contributed by atoms with Crippen molar-refractivity contribution in [1.82, 2.24) is 14.8 Å². The number of hydrogen-bond donors (Lipinski definition) is 1. The van der Waals surface area contributed by atoms with Crippen LogP contribution in [0.1, 0.15) is 26.7 Å². The van der Waals surface area contributed by atoms with Crippen LogP contribution in [-0.4, -0.2) is 54.3 Å². The van der Waals surface area contributed by atoms with Gasteiger partial charge in [-0.3, -0.25) is 14.5 Å². The molecule has 24 heavy (non-hydrogen) atoms. The molecule has 1 aromatic heterocycles. The van der Waals surface area contributed by atoms with E-state index in [-0.39, 0.29) is 11.5 Å². The summed E-state index contributed by atoms with van der Waals surface area (Å²) in [6, 6.07) is 5.36. The van der Waals surface area contributed by atoms with Crippen molar-refractivity contribution >= 4 is 5.91 Å². The molecule has 1 N–H and O–H groups in total. The Bertz CT molecular complexity index is 565. The Labute approximate surface area is 143 Å². The quantitative estimate of drug-likeness (QED) is 0.773. The highest BCUT2D eigenvalue weighted by molar-refractivity contribution is 5.75. The number of aryl methyl sites for hydroxylation is 1. The first-order chi connectivity index (χ1) is 11.6. The Balaban J connectivity index is 1.80. The molecule has 0 spiro atoms. The number of nitrogens with one attached hydrogen (secondary N) is 1. The zero-order valence-corrected chi connectivity index (χ0v) is 14.7. The van der Waals surface area contributed by atoms with E-state index in [0.717, 1.165) is 32.7 Å². The van der Waals surface area contributed by atoms with Crippen LogP contribution in [0.2, 0.25) is 0 Å². The van der Waals surface area contributed by atoms with Gasteiger partial charge in [-0.1, -0.05) is 19.9 Å². The van der Waals surface area contributed by atoms with Crippen molar-refractivity contribution in [2.24, 2.45) is 5.92 Å². The molecule has 1 fully saturated rings. The summed E-state index contributed by atoms with van der Waals surface area (Å²) in [7, 11) is 0. The standard InChI is InChI=1S/C18H29N3O3/c1-15(2)13-16(20-9-11-24-12-10-20)14-19-17(22)6-8-21-7-4-3-5-18(21)23/h3-5,7,15-16H,6,8-14H2,1-2H3,(H,19,22). The van der Waals surface area contributed by atoms with E-state index in [9.17, 15) is 9.59 Å². The Morgan fingerprint density at radius 3 is 2.71 bits per heavy atom. The molecule has 1 aliphatic rings. The molecule has 0 radical (unpaired) electrons. The number of pyridine rings is 1. The molecule has 1 aliphatic heterocycles. The summed E-state index contributed by atoms with van der Waals surface area (Å²) in [4.78, 5) is 26.2. The van der Waals surface area contributed by atoms with E-state index in [4.69, 9.17) is 4.74 Å². The van der Waals surface area contributed by atoms with Crippen molar-refractivity contribution in [2.45, 2.75) is 39.3 Å². The highest BCUT2D eigenvalue weighted by Gasteiger charge is 2.22. The third-order valence-corrected chi connectivity index (χ3v) is 4.32. The average molecular weight is 335 g/mol. The van der Waals surface area contributed by atoms with Gasteiger partial charge in [0.1, 0.15) is 0 Å². The van der Waals surface area contributed by atoms with Crippen LogP contribution in [0.15, 0.2) is 29.2 Å². The van der Waals surface area contributed by atoms with Gasteiger partial charge in [0.2, 0.25) is 5.91 Å². The van der Waals surface area contributed by atoms with Gasteiger partial charge in [-0.25, -0.2) is 0 Å². The first kappa shape index (κ1) is 18.7. The van der Waals surface area contributed by atoms with Crippen LogP contribution >= 0.6 is 0 Å². The van der Waals surface area contributed by atoms with Crippen LogP contribution in [0.3, 0.4) is 0 Å². The van der Waals surface area contributed by atoms with Gasteiger partial charge in [0, 0.05) is 50.9 Å². The molecule has 1 amide bonds. The third-order valence-electron chi connectivity index (χ3n) is 4.32. The third kappa shape index (κ3) is 6.09. The average Bonchev–Trinajstić information content (AvgIpc) is 2.58. The maximum Gasteiger partial charge on any atom is 0.250 e. The summed E-state index contributed by atoms with van der Waals surface area (Å²) < 4.78 is 6.98. The van der Waals surface area contributed by atoms with Crippen molar-refractivity contribution in [3.63, 3.8) is 0 Å². The maximum absolute atomic E-state index is 12.1. The maximum atomic E-state index is 12.1. The molecule has 1 unspecified atom stereocenters. The summed E-state index contributed by atoms with van der Waals surface area (Å²) in [5, 5.41) is 3.04. The molecule has 0 saturated carbocycles. The van der Waals surface area contributed by atoms with Crippen LogP contribution in [-0.2, 0) is 16.1 Å². The zero-order chi connectivity index (χ0) is 17.4. The summed E-state index contributed by atoms with van der Waals surface area (Å²) >= 11 is 0. The van der Waals surface area contributed by atoms with E-state index < -0.39 is 0 Å². The van der Waals surface area contributed by atoms with Crippen LogP contribution in [0, 0.1) is 5.92 Å². The number of carbonyl (C=O) groups is 1. The number of ether oxygens (including phenoxy) is 1. The van der Waals surface area contributed by atoms with Crippen molar-refractivity contribution in [1.29, 1.82) is 0 Å². The van der Waals surface area contributed by atoms with E-state index in [1.54, 1.807) is 22.9 Å². The molecule has 2 rings (SSSR count). The second-order valence-corrected chi connectivity index (χ2v) is 6.72. The fraction of sp³-hybridized carbons (Fsp3) is 0.667. The highest BCUT2D eigenvalue weighted by Crippen LogP contribution is 2.13. The zero-order valence-electron chi connectivity index (χ0n) is 14.7. The van der Waals surface area contributed by atoms with E-state index in [1.807, 2.05) is 0 Å². The topological polar surface area (TPSA) is 63.6 Å².